The van der Waals surface area contributed by atoms with Crippen molar-refractivity contribution in [2.45, 2.75) is 69.7 Å². The van der Waals surface area contributed by atoms with Gasteiger partial charge in [-0.25, -0.2) is 14.8 Å². The molecule has 1 aliphatic carbocycles. The fraction of sp³-hybridized carbons (Fsp3) is 0.500. The first-order chi connectivity index (χ1) is 20.6. The number of ether oxygens (including phenoxy) is 1. The van der Waals surface area contributed by atoms with Crippen LogP contribution in [0.3, 0.4) is 0 Å². The van der Waals surface area contributed by atoms with Gasteiger partial charge in [0, 0.05) is 56.8 Å². The van der Waals surface area contributed by atoms with E-state index in [-0.39, 0.29) is 36.1 Å². The van der Waals surface area contributed by atoms with Gasteiger partial charge in [0.25, 0.3) is 5.91 Å². The topological polar surface area (TPSA) is 124 Å². The Morgan fingerprint density at radius 1 is 1.14 bits per heavy atom. The molecule has 0 unspecified atom stereocenters. The molecular formula is C32H40N8O3. The van der Waals surface area contributed by atoms with Gasteiger partial charge in [0.2, 0.25) is 0 Å². The average molecular weight is 585 g/mol. The van der Waals surface area contributed by atoms with Gasteiger partial charge in [-0.2, -0.15) is 0 Å². The molecule has 226 valence electrons. The number of aromatic nitrogens is 4. The molecule has 3 aliphatic rings. The summed E-state index contributed by atoms with van der Waals surface area (Å²) in [6, 6.07) is 9.88. The van der Waals surface area contributed by atoms with E-state index in [9.17, 15) is 9.59 Å². The van der Waals surface area contributed by atoms with Gasteiger partial charge in [0.15, 0.2) is 5.82 Å². The first kappa shape index (κ1) is 27.7. The summed E-state index contributed by atoms with van der Waals surface area (Å²) >= 11 is 0. The van der Waals surface area contributed by atoms with E-state index in [1.54, 1.807) is 21.2 Å². The Bertz CT molecular complexity index is 1750. The molecule has 3 fully saturated rings. The van der Waals surface area contributed by atoms with Crippen molar-refractivity contribution in [2.24, 2.45) is 18.7 Å². The molecule has 2 aliphatic heterocycles. The highest BCUT2D eigenvalue weighted by Gasteiger charge is 2.47. The van der Waals surface area contributed by atoms with Gasteiger partial charge < -0.3 is 34.7 Å². The van der Waals surface area contributed by atoms with E-state index in [2.05, 4.69) is 26.6 Å². The lowest BCUT2D eigenvalue weighted by atomic mass is 9.97. The van der Waals surface area contributed by atoms with Gasteiger partial charge in [0.05, 0.1) is 30.1 Å². The van der Waals surface area contributed by atoms with Crippen LogP contribution < -0.4 is 15.8 Å². The van der Waals surface area contributed by atoms with Crippen LogP contribution in [0.5, 0.6) is 5.75 Å². The summed E-state index contributed by atoms with van der Waals surface area (Å²) in [6.45, 7) is 2.79. The van der Waals surface area contributed by atoms with Crippen molar-refractivity contribution in [3.63, 3.8) is 0 Å². The van der Waals surface area contributed by atoms with E-state index in [1.807, 2.05) is 37.1 Å². The number of rotatable bonds is 7. The average Bonchev–Trinajstić information content (AvgIpc) is 3.31. The molecule has 43 heavy (non-hydrogen) atoms. The minimum Gasteiger partial charge on any atom is -0.494 e. The predicted molar refractivity (Wildman–Crippen MR) is 165 cm³/mol. The Kier molecular flexibility index (Phi) is 6.61. The number of aryl methyl sites for hydroxylation is 1. The molecule has 2 saturated heterocycles. The highest BCUT2D eigenvalue weighted by atomic mass is 16.5. The number of carbonyl (C=O) groups is 2. The van der Waals surface area contributed by atoms with Gasteiger partial charge >= 0.3 is 6.03 Å². The molecular weight excluding hydrogens is 544 g/mol. The normalized spacial score (nSPS) is 22.0. The van der Waals surface area contributed by atoms with Crippen LogP contribution >= 0.6 is 0 Å². The summed E-state index contributed by atoms with van der Waals surface area (Å²) in [4.78, 5) is 39.7. The fourth-order valence-electron chi connectivity index (χ4n) is 7.02. The number of urea groups is 1. The van der Waals surface area contributed by atoms with Crippen molar-refractivity contribution >= 4 is 34.0 Å². The number of imidazole rings is 1. The Morgan fingerprint density at radius 3 is 2.58 bits per heavy atom. The van der Waals surface area contributed by atoms with E-state index in [0.29, 0.717) is 22.7 Å². The van der Waals surface area contributed by atoms with Crippen molar-refractivity contribution in [1.82, 2.24) is 34.2 Å². The lowest BCUT2D eigenvalue weighted by Gasteiger charge is -2.23. The lowest BCUT2D eigenvalue weighted by Crippen LogP contribution is -2.40. The van der Waals surface area contributed by atoms with Crippen LogP contribution in [-0.2, 0) is 13.6 Å². The number of nitrogens with two attached hydrogens (primary N) is 1. The van der Waals surface area contributed by atoms with E-state index in [4.69, 9.17) is 20.4 Å². The largest absolute Gasteiger partial charge is 0.494 e. The van der Waals surface area contributed by atoms with E-state index < -0.39 is 0 Å². The van der Waals surface area contributed by atoms with E-state index in [0.717, 1.165) is 59.6 Å². The zero-order valence-corrected chi connectivity index (χ0v) is 25.5. The summed E-state index contributed by atoms with van der Waals surface area (Å²) in [7, 11) is 7.08. The summed E-state index contributed by atoms with van der Waals surface area (Å²) in [5.41, 5.74) is 11.1. The molecule has 3 aromatic heterocycles. The molecule has 0 spiro atoms. The first-order valence-corrected chi connectivity index (χ1v) is 15.3. The molecule has 3 amide bonds. The molecule has 1 saturated carbocycles. The standard InChI is InChI=1S/C32H40N8O3/c1-17(34-32(42)37(2)3)23-10-8-19-13-26(39(29(19)35-23)16-18-6-7-18)30-36-24-12-20(14-27(43-5)28(24)38(30)4)31(41)40-21-9-11-25(40)22(33)15-21/h8,10,12-14,17-18,21-22,25H,6-7,9,11,15-16,33H2,1-5H3,(H,34,42)/t17-,21+,22-,25-/m1/s1. The number of hydrogen-bond donors (Lipinski definition) is 2. The van der Waals surface area contributed by atoms with Crippen LogP contribution in [0.4, 0.5) is 4.79 Å². The minimum absolute atomic E-state index is 0.00269. The van der Waals surface area contributed by atoms with E-state index in [1.165, 1.54) is 17.7 Å². The zero-order chi connectivity index (χ0) is 30.2. The number of fused-ring (bicyclic) bond motifs is 4. The van der Waals surface area contributed by atoms with Gasteiger partial charge in [0.1, 0.15) is 16.9 Å². The number of hydrogen-bond acceptors (Lipinski definition) is 6. The Balaban J connectivity index is 1.31. The highest BCUT2D eigenvalue weighted by molar-refractivity contribution is 6.00. The van der Waals surface area contributed by atoms with Gasteiger partial charge in [-0.1, -0.05) is 0 Å². The van der Waals surface area contributed by atoms with Crippen molar-refractivity contribution in [1.29, 1.82) is 0 Å². The number of methoxy groups -OCH3 is 1. The Labute approximate surface area is 251 Å². The van der Waals surface area contributed by atoms with Crippen molar-refractivity contribution < 1.29 is 14.3 Å². The second kappa shape index (κ2) is 10.3. The maximum atomic E-state index is 13.8. The van der Waals surface area contributed by atoms with Crippen molar-refractivity contribution in [2.75, 3.05) is 21.2 Å². The Hall–Kier alpha value is -4.12. The second-order valence-corrected chi connectivity index (χ2v) is 12.7. The van der Waals surface area contributed by atoms with Gasteiger partial charge in [-0.15, -0.1) is 0 Å². The molecule has 0 radical (unpaired) electrons. The first-order valence-electron chi connectivity index (χ1n) is 15.3. The maximum absolute atomic E-state index is 13.8. The van der Waals surface area contributed by atoms with Crippen molar-refractivity contribution in [3.8, 4) is 17.3 Å². The minimum atomic E-state index is -0.247. The van der Waals surface area contributed by atoms with Crippen LogP contribution in [0.25, 0.3) is 33.6 Å². The number of nitrogens with zero attached hydrogens (tertiary/aromatic N) is 6. The lowest BCUT2D eigenvalue weighted by molar-refractivity contribution is 0.0726. The summed E-state index contributed by atoms with van der Waals surface area (Å²) < 4.78 is 10.2. The quantitative estimate of drug-likeness (QED) is 0.338. The number of pyridine rings is 1. The summed E-state index contributed by atoms with van der Waals surface area (Å²) in [6.07, 6.45) is 5.23. The molecule has 2 bridgehead atoms. The maximum Gasteiger partial charge on any atom is 0.317 e. The van der Waals surface area contributed by atoms with Crippen LogP contribution in [0.2, 0.25) is 0 Å². The van der Waals surface area contributed by atoms with Crippen LogP contribution in [0, 0.1) is 5.92 Å². The number of carbonyl (C=O) groups excluding carboxylic acids is 2. The van der Waals surface area contributed by atoms with Crippen molar-refractivity contribution in [3.05, 3.63) is 41.6 Å². The smallest absolute Gasteiger partial charge is 0.317 e. The molecule has 7 rings (SSSR count). The third-order valence-electron chi connectivity index (χ3n) is 9.54. The SMILES string of the molecule is COc1cc(C(=O)N2[C@H]3CC[C@@H]2[C@H](N)C3)cc2nc(-c3cc4ccc([C@@H](C)NC(=O)N(C)C)nc4n3CC3CC3)n(C)c12. The number of amides is 3. The molecule has 3 N–H and O–H groups in total. The summed E-state index contributed by atoms with van der Waals surface area (Å²) in [5, 5.41) is 4.02. The third-order valence-corrected chi connectivity index (χ3v) is 9.54. The van der Waals surface area contributed by atoms with Gasteiger partial charge in [-0.05, 0) is 75.3 Å². The highest BCUT2D eigenvalue weighted by Crippen LogP contribution is 2.40. The fourth-order valence-corrected chi connectivity index (χ4v) is 7.02. The number of benzene rings is 1. The zero-order valence-electron chi connectivity index (χ0n) is 25.5. The second-order valence-electron chi connectivity index (χ2n) is 12.7. The van der Waals surface area contributed by atoms with Crippen LogP contribution in [0.15, 0.2) is 30.3 Å². The van der Waals surface area contributed by atoms with Crippen LogP contribution in [0.1, 0.15) is 61.1 Å². The molecule has 4 atom stereocenters. The molecule has 11 heteroatoms. The van der Waals surface area contributed by atoms with Crippen LogP contribution in [-0.4, -0.2) is 80.2 Å². The predicted octanol–water partition coefficient (Wildman–Crippen LogP) is 4.05. The molecule has 1 aromatic carbocycles. The third kappa shape index (κ3) is 4.61. The van der Waals surface area contributed by atoms with Gasteiger partial charge in [-0.3, -0.25) is 4.79 Å². The molecule has 4 aromatic rings. The summed E-state index contributed by atoms with van der Waals surface area (Å²) in [5.74, 6) is 2.01. The Morgan fingerprint density at radius 2 is 1.93 bits per heavy atom. The van der Waals surface area contributed by atoms with E-state index >= 15 is 0 Å². The monoisotopic (exact) mass is 584 g/mol. The molecule has 5 heterocycles. The number of nitrogens with one attached hydrogen (secondary N) is 1. The molecule has 11 nitrogen and oxygen atoms in total.